The highest BCUT2D eigenvalue weighted by molar-refractivity contribution is 5.93. The van der Waals surface area contributed by atoms with Crippen LogP contribution in [0.1, 0.15) is 48.9 Å². The molecule has 1 amide bonds. The van der Waals surface area contributed by atoms with Crippen LogP contribution >= 0.6 is 0 Å². The lowest BCUT2D eigenvalue weighted by Gasteiger charge is -2.16. The van der Waals surface area contributed by atoms with Crippen molar-refractivity contribution in [2.75, 3.05) is 13.1 Å². The van der Waals surface area contributed by atoms with Crippen LogP contribution in [0, 0.1) is 0 Å². The van der Waals surface area contributed by atoms with Crippen LogP contribution in [0.5, 0.6) is 0 Å². The van der Waals surface area contributed by atoms with Gasteiger partial charge in [-0.1, -0.05) is 25.7 Å². The van der Waals surface area contributed by atoms with E-state index in [1.807, 2.05) is 0 Å². The number of pyridine rings is 1. The summed E-state index contributed by atoms with van der Waals surface area (Å²) in [7, 11) is 1.65. The fourth-order valence-corrected chi connectivity index (χ4v) is 2.80. The maximum absolute atomic E-state index is 12.0. The molecule has 116 valence electrons. The van der Waals surface area contributed by atoms with Gasteiger partial charge in [0.05, 0.1) is 0 Å². The van der Waals surface area contributed by atoms with Gasteiger partial charge in [0.1, 0.15) is 5.56 Å². The van der Waals surface area contributed by atoms with E-state index in [2.05, 4.69) is 10.6 Å². The zero-order valence-corrected chi connectivity index (χ0v) is 12.7. The van der Waals surface area contributed by atoms with Crippen LogP contribution in [0.2, 0.25) is 0 Å². The number of rotatable bonds is 5. The Kier molecular flexibility index (Phi) is 5.99. The first-order valence-electron chi connectivity index (χ1n) is 7.85. The van der Waals surface area contributed by atoms with Crippen LogP contribution in [-0.2, 0) is 7.05 Å². The maximum atomic E-state index is 12.0. The molecule has 2 N–H and O–H groups in total. The standard InChI is InChI=1S/C16H25N3O2/c1-19-12-6-9-14(16(19)21)15(20)18-11-10-17-13-7-4-2-3-5-8-13/h6,9,12-13,17H,2-5,7-8,10-11H2,1H3,(H,18,20). The maximum Gasteiger partial charge on any atom is 0.263 e. The Morgan fingerprint density at radius 3 is 2.67 bits per heavy atom. The molecular weight excluding hydrogens is 266 g/mol. The Labute approximate surface area is 125 Å². The SMILES string of the molecule is Cn1cccc(C(=O)NCCNC2CCCCCC2)c1=O. The normalized spacial score (nSPS) is 16.4. The molecular formula is C16H25N3O2. The molecule has 1 aromatic heterocycles. The molecule has 0 aromatic carbocycles. The van der Waals surface area contributed by atoms with Gasteiger partial charge >= 0.3 is 0 Å². The van der Waals surface area contributed by atoms with Gasteiger partial charge in [-0.25, -0.2) is 0 Å². The summed E-state index contributed by atoms with van der Waals surface area (Å²) < 4.78 is 1.42. The van der Waals surface area contributed by atoms with Gasteiger partial charge in [0.25, 0.3) is 11.5 Å². The van der Waals surface area contributed by atoms with Crippen molar-refractivity contribution in [2.45, 2.75) is 44.6 Å². The third-order valence-corrected chi connectivity index (χ3v) is 4.07. The molecule has 1 fully saturated rings. The Hall–Kier alpha value is -1.62. The monoisotopic (exact) mass is 291 g/mol. The number of carbonyl (C=O) groups excluding carboxylic acids is 1. The van der Waals surface area contributed by atoms with Gasteiger partial charge in [0.2, 0.25) is 0 Å². The summed E-state index contributed by atoms with van der Waals surface area (Å²) in [5.74, 6) is -0.293. The van der Waals surface area contributed by atoms with Crippen LogP contribution in [-0.4, -0.2) is 29.6 Å². The Bertz CT molecular complexity index is 516. The van der Waals surface area contributed by atoms with E-state index in [9.17, 15) is 9.59 Å². The fourth-order valence-electron chi connectivity index (χ4n) is 2.80. The highest BCUT2D eigenvalue weighted by Crippen LogP contribution is 2.16. The molecule has 21 heavy (non-hydrogen) atoms. The summed E-state index contributed by atoms with van der Waals surface area (Å²) in [4.78, 5) is 23.8. The molecule has 0 spiro atoms. The fraction of sp³-hybridized carbons (Fsp3) is 0.625. The van der Waals surface area contributed by atoms with Crippen LogP contribution in [0.25, 0.3) is 0 Å². The molecule has 1 aliphatic carbocycles. The van der Waals surface area contributed by atoms with Gasteiger partial charge in [-0.3, -0.25) is 9.59 Å². The quantitative estimate of drug-likeness (QED) is 0.637. The van der Waals surface area contributed by atoms with E-state index in [1.165, 1.54) is 43.1 Å². The molecule has 1 aromatic rings. The number of nitrogens with zero attached hydrogens (tertiary/aromatic N) is 1. The van der Waals surface area contributed by atoms with Crippen molar-refractivity contribution in [3.63, 3.8) is 0 Å². The highest BCUT2D eigenvalue weighted by Gasteiger charge is 2.12. The number of amides is 1. The number of carbonyl (C=O) groups is 1. The minimum absolute atomic E-state index is 0.203. The van der Waals surface area contributed by atoms with Gasteiger partial charge in [-0.2, -0.15) is 0 Å². The van der Waals surface area contributed by atoms with E-state index in [0.29, 0.717) is 12.6 Å². The molecule has 0 aliphatic heterocycles. The van der Waals surface area contributed by atoms with Crippen molar-refractivity contribution in [3.8, 4) is 0 Å². The van der Waals surface area contributed by atoms with Crippen LogP contribution in [0.3, 0.4) is 0 Å². The molecule has 1 saturated carbocycles. The summed E-state index contributed by atoms with van der Waals surface area (Å²) in [6.07, 6.45) is 9.37. The zero-order valence-electron chi connectivity index (χ0n) is 12.7. The van der Waals surface area contributed by atoms with Crippen molar-refractivity contribution in [2.24, 2.45) is 7.05 Å². The second-order valence-electron chi connectivity index (χ2n) is 5.74. The average Bonchev–Trinajstić information content (AvgIpc) is 2.75. The van der Waals surface area contributed by atoms with E-state index in [4.69, 9.17) is 0 Å². The molecule has 2 rings (SSSR count). The molecule has 0 bridgehead atoms. The summed E-state index contributed by atoms with van der Waals surface area (Å²) in [6.45, 7) is 1.30. The molecule has 5 nitrogen and oxygen atoms in total. The molecule has 0 atom stereocenters. The lowest BCUT2D eigenvalue weighted by molar-refractivity contribution is 0.0951. The van der Waals surface area contributed by atoms with Crippen molar-refractivity contribution in [1.82, 2.24) is 15.2 Å². The second kappa shape index (κ2) is 7.98. The van der Waals surface area contributed by atoms with E-state index < -0.39 is 0 Å². The molecule has 0 radical (unpaired) electrons. The number of hydrogen-bond acceptors (Lipinski definition) is 3. The van der Waals surface area contributed by atoms with Gasteiger partial charge in [0.15, 0.2) is 0 Å². The molecule has 1 heterocycles. The Morgan fingerprint density at radius 2 is 1.95 bits per heavy atom. The lowest BCUT2D eigenvalue weighted by atomic mass is 10.1. The number of nitrogens with one attached hydrogen (secondary N) is 2. The number of aryl methyl sites for hydroxylation is 1. The van der Waals surface area contributed by atoms with E-state index in [1.54, 1.807) is 25.4 Å². The first-order valence-corrected chi connectivity index (χ1v) is 7.85. The predicted molar refractivity (Wildman–Crippen MR) is 83.5 cm³/mol. The zero-order chi connectivity index (χ0) is 15.1. The largest absolute Gasteiger partial charge is 0.351 e. The van der Waals surface area contributed by atoms with Crippen LogP contribution in [0.15, 0.2) is 23.1 Å². The Morgan fingerprint density at radius 1 is 1.24 bits per heavy atom. The first-order chi connectivity index (χ1) is 10.2. The molecule has 5 heteroatoms. The van der Waals surface area contributed by atoms with Crippen LogP contribution < -0.4 is 16.2 Å². The van der Waals surface area contributed by atoms with Gasteiger partial charge in [-0.05, 0) is 25.0 Å². The predicted octanol–water partition coefficient (Wildman–Crippen LogP) is 1.43. The van der Waals surface area contributed by atoms with E-state index in [-0.39, 0.29) is 17.0 Å². The molecule has 0 unspecified atom stereocenters. The van der Waals surface area contributed by atoms with Crippen molar-refractivity contribution < 1.29 is 4.79 Å². The third kappa shape index (κ3) is 4.70. The van der Waals surface area contributed by atoms with Crippen molar-refractivity contribution in [3.05, 3.63) is 34.2 Å². The highest BCUT2D eigenvalue weighted by atomic mass is 16.2. The minimum atomic E-state index is -0.293. The second-order valence-corrected chi connectivity index (χ2v) is 5.74. The summed E-state index contributed by atoms with van der Waals surface area (Å²) in [5, 5.41) is 6.30. The van der Waals surface area contributed by atoms with Crippen LogP contribution in [0.4, 0.5) is 0 Å². The van der Waals surface area contributed by atoms with E-state index in [0.717, 1.165) is 6.54 Å². The van der Waals surface area contributed by atoms with Crippen molar-refractivity contribution in [1.29, 1.82) is 0 Å². The topological polar surface area (TPSA) is 63.1 Å². The Balaban J connectivity index is 1.74. The summed E-state index contributed by atoms with van der Waals surface area (Å²) in [5.41, 5.74) is -0.0545. The first kappa shape index (κ1) is 15.8. The third-order valence-electron chi connectivity index (χ3n) is 4.07. The smallest absolute Gasteiger partial charge is 0.263 e. The van der Waals surface area contributed by atoms with Gasteiger partial charge in [-0.15, -0.1) is 0 Å². The molecule has 1 aliphatic rings. The molecule has 0 saturated heterocycles. The van der Waals surface area contributed by atoms with Gasteiger partial charge < -0.3 is 15.2 Å². The number of hydrogen-bond donors (Lipinski definition) is 2. The average molecular weight is 291 g/mol. The lowest BCUT2D eigenvalue weighted by Crippen LogP contribution is -2.38. The number of aromatic nitrogens is 1. The minimum Gasteiger partial charge on any atom is -0.351 e. The summed E-state index contributed by atoms with van der Waals surface area (Å²) in [6, 6.07) is 3.85. The summed E-state index contributed by atoms with van der Waals surface area (Å²) >= 11 is 0. The van der Waals surface area contributed by atoms with E-state index >= 15 is 0 Å². The van der Waals surface area contributed by atoms with Crippen molar-refractivity contribution >= 4 is 5.91 Å². The van der Waals surface area contributed by atoms with Gasteiger partial charge in [0, 0.05) is 32.4 Å².